The third kappa shape index (κ3) is 4.13. The number of aldehydes is 1. The van der Waals surface area contributed by atoms with E-state index in [1.54, 1.807) is 26.4 Å². The number of benzene rings is 1. The van der Waals surface area contributed by atoms with Crippen LogP contribution in [-0.4, -0.2) is 51.6 Å². The van der Waals surface area contributed by atoms with Gasteiger partial charge in [0.2, 0.25) is 5.75 Å². The van der Waals surface area contributed by atoms with Gasteiger partial charge in [0.25, 0.3) is 0 Å². The number of hydrogen-bond donors (Lipinski definition) is 0. The minimum Gasteiger partial charge on any atom is -0.493 e. The predicted octanol–water partition coefficient (Wildman–Crippen LogP) is 2.24. The summed E-state index contributed by atoms with van der Waals surface area (Å²) in [6.07, 6.45) is 0.755. The summed E-state index contributed by atoms with van der Waals surface area (Å²) in [5, 5.41) is 0. The Bertz CT molecular complexity index is 405. The minimum atomic E-state index is 0.495. The van der Waals surface area contributed by atoms with Crippen LogP contribution in [0.15, 0.2) is 12.1 Å². The van der Waals surface area contributed by atoms with Gasteiger partial charge >= 0.3 is 0 Å². The maximum Gasteiger partial charge on any atom is 0.203 e. The van der Waals surface area contributed by atoms with Crippen LogP contribution >= 0.6 is 0 Å². The molecule has 0 N–H and O–H groups in total. The molecule has 1 aromatic rings. The summed E-state index contributed by atoms with van der Waals surface area (Å²) in [4.78, 5) is 13.1. The van der Waals surface area contributed by atoms with Crippen molar-refractivity contribution >= 4 is 6.29 Å². The van der Waals surface area contributed by atoms with Crippen LogP contribution in [0.25, 0.3) is 0 Å². The highest BCUT2D eigenvalue weighted by atomic mass is 16.5. The fourth-order valence-electron chi connectivity index (χ4n) is 1.93. The maximum atomic E-state index is 10.9. The first-order valence-corrected chi connectivity index (χ1v) is 6.76. The molecule has 112 valence electrons. The fraction of sp³-hybridized carbons (Fsp3) is 0.533. The average Bonchev–Trinajstić information content (AvgIpc) is 2.50. The van der Waals surface area contributed by atoms with Crippen molar-refractivity contribution in [3.8, 4) is 17.2 Å². The van der Waals surface area contributed by atoms with Crippen LogP contribution in [0.3, 0.4) is 0 Å². The van der Waals surface area contributed by atoms with Crippen LogP contribution in [0.2, 0.25) is 0 Å². The van der Waals surface area contributed by atoms with E-state index in [9.17, 15) is 4.79 Å². The van der Waals surface area contributed by atoms with Crippen LogP contribution in [0, 0.1) is 0 Å². The first-order chi connectivity index (χ1) is 9.69. The van der Waals surface area contributed by atoms with Crippen molar-refractivity contribution in [2.24, 2.45) is 0 Å². The van der Waals surface area contributed by atoms with Gasteiger partial charge in [-0.3, -0.25) is 4.79 Å². The summed E-state index contributed by atoms with van der Waals surface area (Å²) in [6, 6.07) is 3.28. The van der Waals surface area contributed by atoms with E-state index in [2.05, 4.69) is 18.7 Å². The Morgan fingerprint density at radius 1 is 1.10 bits per heavy atom. The van der Waals surface area contributed by atoms with Gasteiger partial charge in [0.05, 0.1) is 14.2 Å². The fourth-order valence-corrected chi connectivity index (χ4v) is 1.93. The first kappa shape index (κ1) is 16.3. The number of methoxy groups -OCH3 is 2. The summed E-state index contributed by atoms with van der Waals surface area (Å²) in [5.41, 5.74) is 0.495. The number of nitrogens with zero attached hydrogens (tertiary/aromatic N) is 1. The second-order valence-corrected chi connectivity index (χ2v) is 4.25. The SMILES string of the molecule is CCN(CC)CCOc1c(OC)cc(C=O)cc1OC. The first-order valence-electron chi connectivity index (χ1n) is 6.76. The van der Waals surface area contributed by atoms with Crippen molar-refractivity contribution in [3.05, 3.63) is 17.7 Å². The lowest BCUT2D eigenvalue weighted by Gasteiger charge is -2.20. The van der Waals surface area contributed by atoms with E-state index in [0.717, 1.165) is 25.9 Å². The molecule has 0 fully saturated rings. The number of carbonyl (C=O) groups is 1. The number of hydrogen-bond acceptors (Lipinski definition) is 5. The molecule has 0 atom stereocenters. The van der Waals surface area contributed by atoms with Crippen LogP contribution in [-0.2, 0) is 0 Å². The van der Waals surface area contributed by atoms with Crippen LogP contribution in [0.5, 0.6) is 17.2 Å². The number of rotatable bonds is 9. The summed E-state index contributed by atoms with van der Waals surface area (Å²) in [6.45, 7) is 7.56. The van der Waals surface area contributed by atoms with Crippen molar-refractivity contribution in [1.29, 1.82) is 0 Å². The van der Waals surface area contributed by atoms with Crippen molar-refractivity contribution in [1.82, 2.24) is 4.90 Å². The molecule has 0 saturated heterocycles. The summed E-state index contributed by atoms with van der Waals surface area (Å²) in [5.74, 6) is 1.55. The molecular formula is C15H23NO4. The highest BCUT2D eigenvalue weighted by molar-refractivity contribution is 5.78. The van der Waals surface area contributed by atoms with Gasteiger partial charge in [-0.2, -0.15) is 0 Å². The van der Waals surface area contributed by atoms with Crippen LogP contribution in [0.4, 0.5) is 0 Å². The lowest BCUT2D eigenvalue weighted by molar-refractivity contribution is 0.112. The molecule has 0 heterocycles. The summed E-state index contributed by atoms with van der Waals surface area (Å²) < 4.78 is 16.3. The van der Waals surface area contributed by atoms with Gasteiger partial charge in [-0.1, -0.05) is 13.8 Å². The zero-order chi connectivity index (χ0) is 15.0. The Labute approximate surface area is 120 Å². The quantitative estimate of drug-likeness (QED) is 0.650. The highest BCUT2D eigenvalue weighted by Gasteiger charge is 2.14. The molecule has 0 bridgehead atoms. The molecule has 5 heteroatoms. The summed E-state index contributed by atoms with van der Waals surface area (Å²) in [7, 11) is 3.08. The largest absolute Gasteiger partial charge is 0.493 e. The molecular weight excluding hydrogens is 258 g/mol. The van der Waals surface area contributed by atoms with Gasteiger partial charge in [0.15, 0.2) is 11.5 Å². The number of ether oxygens (including phenoxy) is 3. The predicted molar refractivity (Wildman–Crippen MR) is 78.2 cm³/mol. The van der Waals surface area contributed by atoms with Crippen LogP contribution in [0.1, 0.15) is 24.2 Å². The van der Waals surface area contributed by atoms with Crippen LogP contribution < -0.4 is 14.2 Å². The second kappa shape index (κ2) is 8.43. The Morgan fingerprint density at radius 2 is 1.65 bits per heavy atom. The lowest BCUT2D eigenvalue weighted by atomic mass is 10.2. The normalized spacial score (nSPS) is 10.4. The van der Waals surface area contributed by atoms with Crippen molar-refractivity contribution in [3.63, 3.8) is 0 Å². The third-order valence-electron chi connectivity index (χ3n) is 3.17. The van der Waals surface area contributed by atoms with Gasteiger partial charge in [-0.15, -0.1) is 0 Å². The van der Waals surface area contributed by atoms with Gasteiger partial charge < -0.3 is 19.1 Å². The third-order valence-corrected chi connectivity index (χ3v) is 3.17. The Morgan fingerprint density at radius 3 is 2.05 bits per heavy atom. The molecule has 0 aliphatic carbocycles. The number of likely N-dealkylation sites (N-methyl/N-ethyl adjacent to an activating group) is 1. The minimum absolute atomic E-state index is 0.495. The van der Waals surface area contributed by atoms with E-state index in [1.165, 1.54) is 0 Å². The molecule has 0 saturated carbocycles. The Hall–Kier alpha value is -1.75. The smallest absolute Gasteiger partial charge is 0.203 e. The highest BCUT2D eigenvalue weighted by Crippen LogP contribution is 2.38. The monoisotopic (exact) mass is 281 g/mol. The van der Waals surface area contributed by atoms with Gasteiger partial charge in [0, 0.05) is 12.1 Å². The zero-order valence-corrected chi connectivity index (χ0v) is 12.6. The molecule has 1 aromatic carbocycles. The number of carbonyl (C=O) groups excluding carboxylic acids is 1. The molecule has 0 aliphatic rings. The van der Waals surface area contributed by atoms with Gasteiger partial charge in [0.1, 0.15) is 12.9 Å². The van der Waals surface area contributed by atoms with Crippen molar-refractivity contribution in [2.75, 3.05) is 40.5 Å². The molecule has 1 rings (SSSR count). The van der Waals surface area contributed by atoms with Crippen molar-refractivity contribution in [2.45, 2.75) is 13.8 Å². The Kier molecular flexibility index (Phi) is 6.87. The molecule has 0 radical (unpaired) electrons. The molecule has 0 aromatic heterocycles. The van der Waals surface area contributed by atoms with E-state index in [4.69, 9.17) is 14.2 Å². The molecule has 0 spiro atoms. The maximum absolute atomic E-state index is 10.9. The standard InChI is InChI=1S/C15H23NO4/c1-5-16(6-2)7-8-20-15-13(18-3)9-12(11-17)10-14(15)19-4/h9-11H,5-8H2,1-4H3. The van der Waals surface area contributed by atoms with E-state index >= 15 is 0 Å². The second-order valence-electron chi connectivity index (χ2n) is 4.25. The van der Waals surface area contributed by atoms with E-state index in [-0.39, 0.29) is 0 Å². The molecule has 5 nitrogen and oxygen atoms in total. The molecule has 0 unspecified atom stereocenters. The summed E-state index contributed by atoms with van der Waals surface area (Å²) >= 11 is 0. The van der Waals surface area contributed by atoms with Crippen molar-refractivity contribution < 1.29 is 19.0 Å². The zero-order valence-electron chi connectivity index (χ0n) is 12.6. The van der Waals surface area contributed by atoms with Gasteiger partial charge in [-0.25, -0.2) is 0 Å². The lowest BCUT2D eigenvalue weighted by Crippen LogP contribution is -2.28. The van der Waals surface area contributed by atoms with E-state index in [1.807, 2.05) is 0 Å². The Balaban J connectivity index is 2.84. The molecule has 0 amide bonds. The van der Waals surface area contributed by atoms with E-state index < -0.39 is 0 Å². The molecule has 0 aliphatic heterocycles. The molecule has 20 heavy (non-hydrogen) atoms. The van der Waals surface area contributed by atoms with Gasteiger partial charge in [-0.05, 0) is 25.2 Å². The topological polar surface area (TPSA) is 48.0 Å². The van der Waals surface area contributed by atoms with E-state index in [0.29, 0.717) is 29.4 Å². The average molecular weight is 281 g/mol.